The van der Waals surface area contributed by atoms with Crippen LogP contribution in [-0.4, -0.2) is 30.8 Å². The van der Waals surface area contributed by atoms with Gasteiger partial charge >= 0.3 is 6.03 Å². The first-order valence-electron chi connectivity index (χ1n) is 13.2. The molecular formula is C31H26IN7O3. The van der Waals surface area contributed by atoms with Gasteiger partial charge in [-0.15, -0.1) is 0 Å². The molecule has 10 nitrogen and oxygen atoms in total. The number of aromatic amines is 1. The Morgan fingerprint density at radius 1 is 0.952 bits per heavy atom. The number of amides is 2. The number of rotatable bonds is 6. The molecule has 0 aliphatic carbocycles. The number of nitrogens with zero attached hydrogens (tertiary/aromatic N) is 4. The lowest BCUT2D eigenvalue weighted by molar-refractivity contribution is 0.262. The van der Waals surface area contributed by atoms with Gasteiger partial charge in [0.05, 0.1) is 20.5 Å². The smallest absolute Gasteiger partial charge is 0.324 e. The standard InChI is InChI=1S/C31H26IN7O3/c1-18-29(40)37-28-27(34-18)24(15-16-33-28)42-23-14-13-22(20-11-7-8-12-21(20)23)35-30(41)36-26-17-25(31(2,3)32)38-39(26)19-9-5-4-6-10-19/h4-17H,1-3H3,(H,33,37,40)(H2,35,36,41). The van der Waals surface area contributed by atoms with E-state index < -0.39 is 6.03 Å². The third-order valence-corrected chi connectivity index (χ3v) is 7.19. The van der Waals surface area contributed by atoms with E-state index in [1.54, 1.807) is 36.0 Å². The Kier molecular flexibility index (Phi) is 7.11. The Morgan fingerprint density at radius 3 is 2.45 bits per heavy atom. The van der Waals surface area contributed by atoms with Gasteiger partial charge in [-0.1, -0.05) is 65.1 Å². The van der Waals surface area contributed by atoms with E-state index in [0.29, 0.717) is 39.9 Å². The van der Waals surface area contributed by atoms with Crippen LogP contribution in [0, 0.1) is 6.92 Å². The van der Waals surface area contributed by atoms with Gasteiger partial charge in [-0.2, -0.15) is 5.10 Å². The minimum Gasteiger partial charge on any atom is -0.454 e. The summed E-state index contributed by atoms with van der Waals surface area (Å²) in [7, 11) is 0. The second-order valence-corrected chi connectivity index (χ2v) is 12.8. The number of aryl methyl sites for hydroxylation is 1. The highest BCUT2D eigenvalue weighted by atomic mass is 127. The SMILES string of the molecule is Cc1nc2c(Oc3ccc(NC(=O)Nc4cc(C(C)(C)I)nn4-c4ccccc4)c4ccccc34)ccnc2[nH]c1=O. The Balaban J connectivity index is 1.31. The fourth-order valence-electron chi connectivity index (χ4n) is 4.52. The van der Waals surface area contributed by atoms with Gasteiger partial charge in [0.15, 0.2) is 11.4 Å². The van der Waals surface area contributed by atoms with Crippen molar-refractivity contribution in [2.45, 2.75) is 24.2 Å². The molecule has 11 heteroatoms. The highest BCUT2D eigenvalue weighted by Crippen LogP contribution is 2.36. The average molecular weight is 671 g/mol. The second kappa shape index (κ2) is 10.9. The fraction of sp³-hybridized carbons (Fsp3) is 0.129. The number of benzene rings is 3. The van der Waals surface area contributed by atoms with E-state index in [2.05, 4.69) is 62.0 Å². The summed E-state index contributed by atoms with van der Waals surface area (Å²) in [5.74, 6) is 1.56. The first-order valence-corrected chi connectivity index (χ1v) is 14.2. The summed E-state index contributed by atoms with van der Waals surface area (Å²) in [6.07, 6.45) is 1.55. The largest absolute Gasteiger partial charge is 0.454 e. The molecular weight excluding hydrogens is 645 g/mol. The third kappa shape index (κ3) is 5.42. The molecule has 0 saturated heterocycles. The van der Waals surface area contributed by atoms with Crippen LogP contribution in [0.5, 0.6) is 11.5 Å². The number of hydrogen-bond donors (Lipinski definition) is 3. The number of nitrogens with one attached hydrogen (secondary N) is 3. The van der Waals surface area contributed by atoms with Crippen LogP contribution in [-0.2, 0) is 3.42 Å². The average Bonchev–Trinajstić information content (AvgIpc) is 3.40. The van der Waals surface area contributed by atoms with Crippen molar-refractivity contribution in [2.75, 3.05) is 10.6 Å². The molecule has 0 bridgehead atoms. The molecule has 0 aliphatic rings. The normalized spacial score (nSPS) is 11.5. The number of urea groups is 1. The molecule has 6 rings (SSSR count). The monoisotopic (exact) mass is 671 g/mol. The molecule has 0 radical (unpaired) electrons. The van der Waals surface area contributed by atoms with Crippen LogP contribution in [0.4, 0.5) is 16.3 Å². The highest BCUT2D eigenvalue weighted by molar-refractivity contribution is 14.1. The molecule has 6 aromatic rings. The van der Waals surface area contributed by atoms with Crippen LogP contribution in [0.15, 0.2) is 89.9 Å². The summed E-state index contributed by atoms with van der Waals surface area (Å²) in [6, 6.07) is 24.0. The molecule has 3 aromatic heterocycles. The summed E-state index contributed by atoms with van der Waals surface area (Å²) in [5.41, 5.74) is 3.09. The van der Waals surface area contributed by atoms with Gasteiger partial charge in [0, 0.05) is 29.1 Å². The zero-order valence-corrected chi connectivity index (χ0v) is 25.1. The second-order valence-electron chi connectivity index (χ2n) is 10.1. The molecule has 3 heterocycles. The lowest BCUT2D eigenvalue weighted by Crippen LogP contribution is -2.21. The van der Waals surface area contributed by atoms with Gasteiger partial charge in [-0.25, -0.2) is 19.4 Å². The molecule has 3 N–H and O–H groups in total. The molecule has 3 aromatic carbocycles. The quantitative estimate of drug-likeness (QED) is 0.128. The van der Waals surface area contributed by atoms with Crippen molar-refractivity contribution in [3.05, 3.63) is 107 Å². The zero-order valence-electron chi connectivity index (χ0n) is 23.0. The van der Waals surface area contributed by atoms with Crippen LogP contribution in [0.3, 0.4) is 0 Å². The Labute approximate surface area is 254 Å². The van der Waals surface area contributed by atoms with Gasteiger partial charge in [0.2, 0.25) is 0 Å². The van der Waals surface area contributed by atoms with Crippen LogP contribution in [0.25, 0.3) is 27.6 Å². The topological polar surface area (TPSA) is 127 Å². The van der Waals surface area contributed by atoms with Gasteiger partial charge in [0.25, 0.3) is 5.56 Å². The van der Waals surface area contributed by atoms with E-state index in [4.69, 9.17) is 9.84 Å². The highest BCUT2D eigenvalue weighted by Gasteiger charge is 2.23. The number of carbonyl (C=O) groups excluding carboxylic acids is 1. The Hall–Kier alpha value is -4.78. The van der Waals surface area contributed by atoms with Crippen molar-refractivity contribution in [1.29, 1.82) is 0 Å². The number of para-hydroxylation sites is 1. The van der Waals surface area contributed by atoms with E-state index >= 15 is 0 Å². The van der Waals surface area contributed by atoms with Gasteiger partial charge in [-0.3, -0.25) is 10.1 Å². The third-order valence-electron chi connectivity index (χ3n) is 6.64. The number of anilines is 2. The number of H-pyrrole nitrogens is 1. The first kappa shape index (κ1) is 27.4. The molecule has 0 spiro atoms. The van der Waals surface area contributed by atoms with Crippen LogP contribution in [0.2, 0.25) is 0 Å². The maximum atomic E-state index is 13.3. The van der Waals surface area contributed by atoms with E-state index in [1.165, 1.54) is 0 Å². The van der Waals surface area contributed by atoms with E-state index in [0.717, 1.165) is 22.2 Å². The predicted octanol–water partition coefficient (Wildman–Crippen LogP) is 7.07. The molecule has 2 amide bonds. The number of hydrogen-bond acceptors (Lipinski definition) is 6. The molecule has 0 aliphatic heterocycles. The van der Waals surface area contributed by atoms with Crippen molar-refractivity contribution in [1.82, 2.24) is 24.7 Å². The summed E-state index contributed by atoms with van der Waals surface area (Å²) < 4.78 is 7.78. The zero-order chi connectivity index (χ0) is 29.4. The van der Waals surface area contributed by atoms with Crippen molar-refractivity contribution in [3.8, 4) is 17.2 Å². The number of halogens is 1. The number of carbonyl (C=O) groups is 1. The minimum absolute atomic E-state index is 0.236. The van der Waals surface area contributed by atoms with Crippen molar-refractivity contribution < 1.29 is 9.53 Å². The fourth-order valence-corrected chi connectivity index (χ4v) is 4.78. The van der Waals surface area contributed by atoms with Crippen molar-refractivity contribution >= 4 is 62.1 Å². The summed E-state index contributed by atoms with van der Waals surface area (Å²) in [6.45, 7) is 5.76. The molecule has 0 fully saturated rings. The lowest BCUT2D eigenvalue weighted by Gasteiger charge is -2.15. The molecule has 0 saturated carbocycles. The lowest BCUT2D eigenvalue weighted by atomic mass is 10.1. The first-order chi connectivity index (χ1) is 20.2. The van der Waals surface area contributed by atoms with Crippen molar-refractivity contribution in [2.24, 2.45) is 0 Å². The maximum absolute atomic E-state index is 13.3. The van der Waals surface area contributed by atoms with E-state index in [1.807, 2.05) is 60.7 Å². The van der Waals surface area contributed by atoms with E-state index in [9.17, 15) is 9.59 Å². The Morgan fingerprint density at radius 2 is 1.69 bits per heavy atom. The Bertz CT molecular complexity index is 2010. The summed E-state index contributed by atoms with van der Waals surface area (Å²) in [5, 5.41) is 12.3. The van der Waals surface area contributed by atoms with Gasteiger partial charge < -0.3 is 15.0 Å². The van der Waals surface area contributed by atoms with Crippen LogP contribution < -0.4 is 20.9 Å². The summed E-state index contributed by atoms with van der Waals surface area (Å²) >= 11 is 2.33. The molecule has 0 atom stereocenters. The van der Waals surface area contributed by atoms with Crippen molar-refractivity contribution in [3.63, 3.8) is 0 Å². The number of fused-ring (bicyclic) bond motifs is 2. The van der Waals surface area contributed by atoms with Gasteiger partial charge in [0.1, 0.15) is 22.8 Å². The van der Waals surface area contributed by atoms with Crippen LogP contribution >= 0.6 is 22.6 Å². The van der Waals surface area contributed by atoms with Gasteiger partial charge in [-0.05, 0) is 45.0 Å². The minimum atomic E-state index is -0.410. The molecule has 210 valence electrons. The number of pyridine rings is 1. The van der Waals surface area contributed by atoms with Crippen LogP contribution in [0.1, 0.15) is 25.2 Å². The van der Waals surface area contributed by atoms with E-state index in [-0.39, 0.29) is 8.98 Å². The molecule has 0 unspecified atom stereocenters. The summed E-state index contributed by atoms with van der Waals surface area (Å²) in [4.78, 5) is 36.6. The predicted molar refractivity (Wildman–Crippen MR) is 172 cm³/mol. The number of aromatic nitrogens is 5. The number of alkyl halides is 1. The molecule has 42 heavy (non-hydrogen) atoms. The maximum Gasteiger partial charge on any atom is 0.324 e. The number of ether oxygens (including phenoxy) is 1.